The third-order valence-corrected chi connectivity index (χ3v) is 3.78. The van der Waals surface area contributed by atoms with Crippen LogP contribution in [0.25, 0.3) is 5.57 Å². The van der Waals surface area contributed by atoms with Crippen molar-refractivity contribution in [2.45, 2.75) is 12.6 Å². The molecule has 148 valence electrons. The molecule has 11 heteroatoms. The Morgan fingerprint density at radius 1 is 1.21 bits per heavy atom. The Balaban J connectivity index is 2.23. The Labute approximate surface area is 162 Å². The number of alkyl halides is 3. The van der Waals surface area contributed by atoms with Gasteiger partial charge in [0.2, 0.25) is 5.91 Å². The normalized spacial score (nSPS) is 11.9. The number of carbonyl (C=O) groups excluding carboxylic acids is 2. The number of nitrogens with one attached hydrogen (secondary N) is 1. The van der Waals surface area contributed by atoms with Gasteiger partial charge in [-0.15, -0.1) is 0 Å². The molecule has 1 aromatic heterocycles. The summed E-state index contributed by atoms with van der Waals surface area (Å²) in [7, 11) is 0. The number of primary amides is 1. The maximum Gasteiger partial charge on any atom is 0.416 e. The van der Waals surface area contributed by atoms with Crippen LogP contribution in [0.4, 0.5) is 13.2 Å². The van der Waals surface area contributed by atoms with Gasteiger partial charge >= 0.3 is 6.18 Å². The first kappa shape index (κ1) is 21.2. The van der Waals surface area contributed by atoms with Crippen LogP contribution in [0.2, 0.25) is 5.02 Å². The van der Waals surface area contributed by atoms with Gasteiger partial charge in [-0.1, -0.05) is 11.6 Å². The van der Waals surface area contributed by atoms with Gasteiger partial charge in [-0.2, -0.15) is 13.2 Å². The van der Waals surface area contributed by atoms with Gasteiger partial charge in [0.1, 0.15) is 0 Å². The highest BCUT2D eigenvalue weighted by Crippen LogP contribution is 2.34. The van der Waals surface area contributed by atoms with E-state index in [1.54, 1.807) is 0 Å². The molecule has 0 spiro atoms. The van der Waals surface area contributed by atoms with Gasteiger partial charge in [0.15, 0.2) is 5.82 Å². The first-order valence-corrected chi connectivity index (χ1v) is 8.15. The van der Waals surface area contributed by atoms with Crippen molar-refractivity contribution in [3.05, 3.63) is 64.3 Å². The number of nitrogens with zero attached hydrogens (tertiary/aromatic N) is 2. The summed E-state index contributed by atoms with van der Waals surface area (Å²) in [6, 6.07) is 3.29. The number of hydrogen-bond acceptors (Lipinski definition) is 5. The Morgan fingerprint density at radius 3 is 2.39 bits per heavy atom. The summed E-state index contributed by atoms with van der Waals surface area (Å²) in [5.41, 5.74) is 9.74. The zero-order chi connectivity index (χ0) is 20.9. The van der Waals surface area contributed by atoms with Crippen molar-refractivity contribution < 1.29 is 22.8 Å². The second kappa shape index (κ2) is 8.70. The van der Waals surface area contributed by atoms with Gasteiger partial charge in [-0.25, -0.2) is 9.97 Å². The van der Waals surface area contributed by atoms with Gasteiger partial charge < -0.3 is 16.8 Å². The molecule has 0 saturated carbocycles. The molecule has 0 aliphatic heterocycles. The van der Waals surface area contributed by atoms with E-state index < -0.39 is 30.1 Å². The zero-order valence-electron chi connectivity index (χ0n) is 14.3. The summed E-state index contributed by atoms with van der Waals surface area (Å²) in [5.74, 6) is -1.53. The molecule has 0 bridgehead atoms. The molecule has 2 aromatic rings. The maximum atomic E-state index is 13.1. The number of amides is 2. The molecule has 0 radical (unpaired) electrons. The Hall–Kier alpha value is -3.14. The molecular weight excluding hydrogens is 399 g/mol. The minimum Gasteiger partial charge on any atom is -0.404 e. The van der Waals surface area contributed by atoms with Crippen molar-refractivity contribution in [3.63, 3.8) is 0 Å². The molecule has 0 atom stereocenters. The Morgan fingerprint density at radius 2 is 1.86 bits per heavy atom. The van der Waals surface area contributed by atoms with Crippen LogP contribution in [0.15, 0.2) is 36.8 Å². The fourth-order valence-electron chi connectivity index (χ4n) is 2.30. The second-order valence-electron chi connectivity index (χ2n) is 5.62. The molecule has 0 unspecified atom stereocenters. The standard InChI is InChI=1S/C17H15ClF3N5O2/c18-11-1-2-13(17(19,20)21)10(4-11)3-9-6-24-15(25-7-9)12(5-22)16(28)26-8-14(23)27/h1-2,4-7H,3,8,22H2,(H2,23,27)(H,26,28)/b12-5+. The van der Waals surface area contributed by atoms with Crippen LogP contribution in [0.5, 0.6) is 0 Å². The Kier molecular flexibility index (Phi) is 6.57. The number of nitrogens with two attached hydrogens (primary N) is 2. The van der Waals surface area contributed by atoms with E-state index in [1.165, 1.54) is 18.5 Å². The summed E-state index contributed by atoms with van der Waals surface area (Å²) in [6.45, 7) is -0.400. The van der Waals surface area contributed by atoms with Crippen molar-refractivity contribution in [2.75, 3.05) is 6.54 Å². The first-order valence-electron chi connectivity index (χ1n) is 7.77. The summed E-state index contributed by atoms with van der Waals surface area (Å²) >= 11 is 5.81. The van der Waals surface area contributed by atoms with E-state index in [1.807, 2.05) is 0 Å². The molecule has 7 nitrogen and oxygen atoms in total. The first-order chi connectivity index (χ1) is 13.1. The van der Waals surface area contributed by atoms with Crippen molar-refractivity contribution in [3.8, 4) is 0 Å². The van der Waals surface area contributed by atoms with E-state index >= 15 is 0 Å². The second-order valence-corrected chi connectivity index (χ2v) is 6.06. The van der Waals surface area contributed by atoms with Crippen LogP contribution in [0.1, 0.15) is 22.5 Å². The number of benzene rings is 1. The summed E-state index contributed by atoms with van der Waals surface area (Å²) in [5, 5.41) is 2.40. The van der Waals surface area contributed by atoms with Crippen LogP contribution in [-0.4, -0.2) is 28.3 Å². The molecule has 0 aliphatic rings. The van der Waals surface area contributed by atoms with Crippen molar-refractivity contribution in [2.24, 2.45) is 11.5 Å². The average Bonchev–Trinajstić information content (AvgIpc) is 2.61. The third-order valence-electron chi connectivity index (χ3n) is 3.55. The van der Waals surface area contributed by atoms with Gasteiger partial charge in [-0.3, -0.25) is 9.59 Å². The van der Waals surface area contributed by atoms with Gasteiger partial charge in [0.05, 0.1) is 17.7 Å². The molecule has 0 saturated heterocycles. The quantitative estimate of drug-likeness (QED) is 0.621. The SMILES string of the molecule is N/C=C(/C(=O)NCC(N)=O)c1ncc(Cc2cc(Cl)ccc2C(F)(F)F)cn1. The smallest absolute Gasteiger partial charge is 0.404 e. The number of halogens is 4. The number of carbonyl (C=O) groups is 2. The third kappa shape index (κ3) is 5.43. The number of aromatic nitrogens is 2. The molecule has 1 heterocycles. The van der Waals surface area contributed by atoms with E-state index in [-0.39, 0.29) is 28.4 Å². The summed E-state index contributed by atoms with van der Waals surface area (Å²) < 4.78 is 39.4. The van der Waals surface area contributed by atoms with Crippen molar-refractivity contribution in [1.29, 1.82) is 0 Å². The molecule has 2 rings (SSSR count). The van der Waals surface area contributed by atoms with Gasteiger partial charge in [0, 0.05) is 30.0 Å². The molecule has 2 amide bonds. The largest absolute Gasteiger partial charge is 0.416 e. The molecular formula is C17H15ClF3N5O2. The monoisotopic (exact) mass is 413 g/mol. The number of rotatable bonds is 6. The molecule has 0 aliphatic carbocycles. The van der Waals surface area contributed by atoms with Crippen LogP contribution in [0, 0.1) is 0 Å². The molecule has 28 heavy (non-hydrogen) atoms. The highest BCUT2D eigenvalue weighted by atomic mass is 35.5. The lowest BCUT2D eigenvalue weighted by atomic mass is 10.0. The van der Waals surface area contributed by atoms with E-state index in [0.29, 0.717) is 5.56 Å². The lowest BCUT2D eigenvalue weighted by Gasteiger charge is -2.13. The van der Waals surface area contributed by atoms with Crippen LogP contribution >= 0.6 is 11.6 Å². The average molecular weight is 414 g/mol. The topological polar surface area (TPSA) is 124 Å². The fourth-order valence-corrected chi connectivity index (χ4v) is 2.50. The lowest BCUT2D eigenvalue weighted by Crippen LogP contribution is -2.34. The van der Waals surface area contributed by atoms with Crippen LogP contribution in [0.3, 0.4) is 0 Å². The van der Waals surface area contributed by atoms with Crippen molar-refractivity contribution >= 4 is 29.0 Å². The minimum absolute atomic E-state index is 0.0369. The highest BCUT2D eigenvalue weighted by Gasteiger charge is 2.33. The minimum atomic E-state index is -4.53. The van der Waals surface area contributed by atoms with Gasteiger partial charge in [0.25, 0.3) is 5.91 Å². The van der Waals surface area contributed by atoms with E-state index in [2.05, 4.69) is 15.3 Å². The molecule has 1 aromatic carbocycles. The summed E-state index contributed by atoms with van der Waals surface area (Å²) in [6.07, 6.45) is -1.16. The van der Waals surface area contributed by atoms with Crippen molar-refractivity contribution in [1.82, 2.24) is 15.3 Å². The zero-order valence-corrected chi connectivity index (χ0v) is 15.0. The maximum absolute atomic E-state index is 13.1. The van der Waals surface area contributed by atoms with E-state index in [4.69, 9.17) is 23.1 Å². The molecule has 0 fully saturated rings. The summed E-state index contributed by atoms with van der Waals surface area (Å²) in [4.78, 5) is 30.6. The predicted molar refractivity (Wildman–Crippen MR) is 95.7 cm³/mol. The highest BCUT2D eigenvalue weighted by molar-refractivity contribution is 6.30. The lowest BCUT2D eigenvalue weighted by molar-refractivity contribution is -0.138. The Bertz CT molecular complexity index is 914. The van der Waals surface area contributed by atoms with E-state index in [9.17, 15) is 22.8 Å². The van der Waals surface area contributed by atoms with E-state index in [0.717, 1.165) is 18.3 Å². The number of hydrogen-bond donors (Lipinski definition) is 3. The van der Waals surface area contributed by atoms with Crippen LogP contribution < -0.4 is 16.8 Å². The fraction of sp³-hybridized carbons (Fsp3) is 0.176. The molecule has 5 N–H and O–H groups in total. The predicted octanol–water partition coefficient (Wildman–Crippen LogP) is 1.64. The van der Waals surface area contributed by atoms with Gasteiger partial charge in [-0.05, 0) is 29.3 Å². The van der Waals surface area contributed by atoms with Crippen LogP contribution in [-0.2, 0) is 22.2 Å².